The third-order valence-corrected chi connectivity index (χ3v) is 3.36. The van der Waals surface area contributed by atoms with E-state index in [4.69, 9.17) is 0 Å². The highest BCUT2D eigenvalue weighted by molar-refractivity contribution is 7.88. The smallest absolute Gasteiger partial charge is 0.208 e. The number of benzene rings is 1. The first-order chi connectivity index (χ1) is 9.90. The molecule has 6 nitrogen and oxygen atoms in total. The van der Waals surface area contributed by atoms with Gasteiger partial charge >= 0.3 is 0 Å². The Bertz CT molecular complexity index is 570. The van der Waals surface area contributed by atoms with Crippen molar-refractivity contribution in [1.29, 1.82) is 0 Å². The van der Waals surface area contributed by atoms with Gasteiger partial charge in [0.05, 0.1) is 12.8 Å². The number of sulfonamides is 1. The highest BCUT2D eigenvalue weighted by Crippen LogP contribution is 2.04. The van der Waals surface area contributed by atoms with E-state index in [1.165, 1.54) is 5.56 Å². The van der Waals surface area contributed by atoms with E-state index in [1.54, 1.807) is 0 Å². The van der Waals surface area contributed by atoms with Gasteiger partial charge in [-0.2, -0.15) is 0 Å². The predicted molar refractivity (Wildman–Crippen MR) is 86.8 cm³/mol. The minimum atomic E-state index is -3.14. The van der Waals surface area contributed by atoms with Crippen LogP contribution in [0.5, 0.6) is 0 Å². The molecule has 0 fully saturated rings. The van der Waals surface area contributed by atoms with Gasteiger partial charge in [0.2, 0.25) is 10.0 Å². The summed E-state index contributed by atoms with van der Waals surface area (Å²) in [4.78, 5) is 4.48. The minimum absolute atomic E-state index is 0.327. The molecule has 0 bridgehead atoms. The monoisotopic (exact) mass is 312 g/mol. The first kappa shape index (κ1) is 17.5. The molecule has 0 spiro atoms. The highest BCUT2D eigenvalue weighted by Gasteiger charge is 2.01. The van der Waals surface area contributed by atoms with E-state index in [0.717, 1.165) is 18.4 Å². The van der Waals surface area contributed by atoms with Gasteiger partial charge in [-0.15, -0.1) is 0 Å². The third kappa shape index (κ3) is 8.31. The molecule has 0 heterocycles. The number of rotatable bonds is 7. The van der Waals surface area contributed by atoms with Crippen molar-refractivity contribution in [3.63, 3.8) is 0 Å². The number of guanidine groups is 1. The zero-order chi connectivity index (χ0) is 15.7. The molecule has 0 aliphatic heterocycles. The van der Waals surface area contributed by atoms with Gasteiger partial charge in [-0.3, -0.25) is 0 Å². The molecular formula is C14H24N4O2S. The van der Waals surface area contributed by atoms with Crippen LogP contribution in [0.25, 0.3) is 0 Å². The van der Waals surface area contributed by atoms with Gasteiger partial charge in [-0.1, -0.05) is 29.8 Å². The Labute approximate surface area is 127 Å². The van der Waals surface area contributed by atoms with E-state index in [-0.39, 0.29) is 0 Å². The Balaban J connectivity index is 2.50. The fraction of sp³-hybridized carbons (Fsp3) is 0.500. The summed E-state index contributed by atoms with van der Waals surface area (Å²) in [6, 6.07) is 8.19. The van der Waals surface area contributed by atoms with E-state index in [1.807, 2.05) is 32.0 Å². The molecule has 0 aliphatic carbocycles. The quantitative estimate of drug-likeness (QED) is 0.391. The van der Waals surface area contributed by atoms with Crippen LogP contribution in [0.3, 0.4) is 0 Å². The van der Waals surface area contributed by atoms with E-state index < -0.39 is 10.0 Å². The topological polar surface area (TPSA) is 82.6 Å². The second-order valence-electron chi connectivity index (χ2n) is 4.78. The lowest BCUT2D eigenvalue weighted by Crippen LogP contribution is -2.41. The summed E-state index contributed by atoms with van der Waals surface area (Å²) in [5, 5.41) is 6.22. The number of hydrogen-bond acceptors (Lipinski definition) is 3. The van der Waals surface area contributed by atoms with Crippen LogP contribution in [-0.2, 0) is 16.6 Å². The molecular weight excluding hydrogens is 288 g/mol. The minimum Gasteiger partial charge on any atom is -0.357 e. The number of aryl methyl sites for hydroxylation is 1. The summed E-state index contributed by atoms with van der Waals surface area (Å²) in [5.74, 6) is 0.675. The molecule has 1 aromatic carbocycles. The molecule has 0 aliphatic rings. The Hall–Kier alpha value is -1.60. The van der Waals surface area contributed by atoms with Gasteiger partial charge in [0.1, 0.15) is 0 Å². The lowest BCUT2D eigenvalue weighted by Gasteiger charge is -2.11. The zero-order valence-electron chi connectivity index (χ0n) is 12.8. The number of nitrogens with zero attached hydrogens (tertiary/aromatic N) is 1. The first-order valence-corrected chi connectivity index (χ1v) is 8.82. The van der Waals surface area contributed by atoms with Crippen LogP contribution in [0.4, 0.5) is 0 Å². The zero-order valence-corrected chi connectivity index (χ0v) is 13.6. The molecule has 0 saturated carbocycles. The number of nitrogens with one attached hydrogen (secondary N) is 3. The summed E-state index contributed by atoms with van der Waals surface area (Å²) < 4.78 is 24.3. The van der Waals surface area contributed by atoms with Gasteiger partial charge < -0.3 is 10.6 Å². The molecule has 0 amide bonds. The van der Waals surface area contributed by atoms with Crippen LogP contribution in [0, 0.1) is 6.92 Å². The standard InChI is InChI=1S/C14H24N4O2S/c1-4-15-14(16-8-9-18-21(3,19)20)17-11-13-7-5-6-12(2)10-13/h5-7,10,18H,4,8-9,11H2,1-3H3,(H2,15,16,17). The summed E-state index contributed by atoms with van der Waals surface area (Å²) in [5.41, 5.74) is 2.35. The van der Waals surface area contributed by atoms with E-state index >= 15 is 0 Å². The maximum atomic E-state index is 11.0. The molecule has 1 aromatic rings. The fourth-order valence-electron chi connectivity index (χ4n) is 1.74. The average Bonchev–Trinajstić information content (AvgIpc) is 2.39. The number of aliphatic imine (C=N–C) groups is 1. The van der Waals surface area contributed by atoms with Crippen LogP contribution in [0.2, 0.25) is 0 Å². The van der Waals surface area contributed by atoms with Crippen molar-refractivity contribution in [2.24, 2.45) is 4.99 Å². The predicted octanol–water partition coefficient (Wildman–Crippen LogP) is 0.599. The molecule has 1 rings (SSSR count). The molecule has 3 N–H and O–H groups in total. The molecule has 7 heteroatoms. The third-order valence-electron chi connectivity index (χ3n) is 2.63. The Kier molecular flexibility index (Phi) is 7.18. The molecule has 118 valence electrons. The van der Waals surface area contributed by atoms with Crippen LogP contribution < -0.4 is 15.4 Å². The van der Waals surface area contributed by atoms with Crippen molar-refractivity contribution in [1.82, 2.24) is 15.4 Å². The van der Waals surface area contributed by atoms with Crippen LogP contribution in [0.1, 0.15) is 18.1 Å². The van der Waals surface area contributed by atoms with Gasteiger partial charge in [-0.25, -0.2) is 18.1 Å². The summed E-state index contributed by atoms with van der Waals surface area (Å²) >= 11 is 0. The van der Waals surface area contributed by atoms with Crippen LogP contribution in [-0.4, -0.2) is 40.3 Å². The average molecular weight is 312 g/mol. The number of hydrogen-bond donors (Lipinski definition) is 3. The van der Waals surface area contributed by atoms with Gasteiger partial charge in [-0.05, 0) is 19.4 Å². The maximum absolute atomic E-state index is 11.0. The van der Waals surface area contributed by atoms with Gasteiger partial charge in [0.15, 0.2) is 5.96 Å². The van der Waals surface area contributed by atoms with Gasteiger partial charge in [0.25, 0.3) is 0 Å². The lowest BCUT2D eigenvalue weighted by atomic mass is 10.1. The lowest BCUT2D eigenvalue weighted by molar-refractivity contribution is 0.586. The van der Waals surface area contributed by atoms with Gasteiger partial charge in [0, 0.05) is 19.6 Å². The molecule has 0 atom stereocenters. The Morgan fingerprint density at radius 2 is 2.00 bits per heavy atom. The maximum Gasteiger partial charge on any atom is 0.208 e. The first-order valence-electron chi connectivity index (χ1n) is 6.93. The second-order valence-corrected chi connectivity index (χ2v) is 6.61. The molecule has 0 aromatic heterocycles. The van der Waals surface area contributed by atoms with Crippen molar-refractivity contribution in [3.8, 4) is 0 Å². The van der Waals surface area contributed by atoms with Crippen molar-refractivity contribution >= 4 is 16.0 Å². The van der Waals surface area contributed by atoms with Crippen molar-refractivity contribution in [3.05, 3.63) is 35.4 Å². The van der Waals surface area contributed by atoms with Crippen LogP contribution in [0.15, 0.2) is 29.3 Å². The molecule has 21 heavy (non-hydrogen) atoms. The normalized spacial score (nSPS) is 12.2. The fourth-order valence-corrected chi connectivity index (χ4v) is 2.21. The molecule has 0 unspecified atom stereocenters. The summed E-state index contributed by atoms with van der Waals surface area (Å²) in [6.07, 6.45) is 1.14. The Morgan fingerprint density at radius 1 is 1.24 bits per heavy atom. The summed E-state index contributed by atoms with van der Waals surface area (Å²) in [7, 11) is -3.14. The van der Waals surface area contributed by atoms with Crippen molar-refractivity contribution in [2.45, 2.75) is 20.4 Å². The van der Waals surface area contributed by atoms with E-state index in [0.29, 0.717) is 25.6 Å². The highest BCUT2D eigenvalue weighted by atomic mass is 32.2. The summed E-state index contributed by atoms with van der Waals surface area (Å²) in [6.45, 7) is 6.17. The second kappa shape index (κ2) is 8.63. The van der Waals surface area contributed by atoms with Crippen molar-refractivity contribution < 1.29 is 8.42 Å². The Morgan fingerprint density at radius 3 is 2.62 bits per heavy atom. The van der Waals surface area contributed by atoms with Crippen LogP contribution >= 0.6 is 0 Å². The van der Waals surface area contributed by atoms with E-state index in [9.17, 15) is 8.42 Å². The SMILES string of the molecule is CCNC(=NCc1cccc(C)c1)NCCNS(C)(=O)=O. The largest absolute Gasteiger partial charge is 0.357 e. The molecule has 0 saturated heterocycles. The van der Waals surface area contributed by atoms with E-state index in [2.05, 4.69) is 26.4 Å². The van der Waals surface area contributed by atoms with Crippen molar-refractivity contribution in [2.75, 3.05) is 25.9 Å². The molecule has 0 radical (unpaired) electrons.